The highest BCUT2D eigenvalue weighted by molar-refractivity contribution is 7.92. The molecule has 0 atom stereocenters. The van der Waals surface area contributed by atoms with Crippen molar-refractivity contribution < 1.29 is 26.7 Å². The third kappa shape index (κ3) is 5.93. The predicted molar refractivity (Wildman–Crippen MR) is 114 cm³/mol. The summed E-state index contributed by atoms with van der Waals surface area (Å²) in [5, 5.41) is 2.20. The van der Waals surface area contributed by atoms with Crippen LogP contribution in [0.4, 0.5) is 20.2 Å². The Morgan fingerprint density at radius 3 is 2.39 bits per heavy atom. The lowest BCUT2D eigenvalue weighted by Crippen LogP contribution is -2.21. The first-order valence-electron chi connectivity index (χ1n) is 8.91. The fourth-order valence-corrected chi connectivity index (χ4v) is 3.91. The molecule has 0 aliphatic carbocycles. The third-order valence-electron chi connectivity index (χ3n) is 4.08. The molecule has 0 saturated heterocycles. The summed E-state index contributed by atoms with van der Waals surface area (Å²) in [5.74, 6) is -2.35. The van der Waals surface area contributed by atoms with Crippen LogP contribution in [0.1, 0.15) is 5.56 Å². The van der Waals surface area contributed by atoms with Crippen molar-refractivity contribution in [1.29, 1.82) is 0 Å². The number of hydrogen-bond donors (Lipinski definition) is 2. The summed E-state index contributed by atoms with van der Waals surface area (Å²) >= 11 is 6.09. The SMILES string of the molecule is Cc1ccc(NS(=O)(=O)c2ccc(OCC(=O)Nc3ccc(F)cc3F)c(Cl)c2)cc1. The van der Waals surface area contributed by atoms with Crippen molar-refractivity contribution in [3.8, 4) is 5.75 Å². The standard InChI is InChI=1S/C21H17ClF2N2O4S/c1-13-2-5-15(6-3-13)26-31(28,29)16-7-9-20(17(22)11-16)30-12-21(27)25-19-8-4-14(23)10-18(19)24/h2-11,26H,12H2,1H3,(H,25,27). The van der Waals surface area contributed by atoms with Gasteiger partial charge in [0.15, 0.2) is 6.61 Å². The van der Waals surface area contributed by atoms with E-state index in [1.807, 2.05) is 6.92 Å². The molecule has 31 heavy (non-hydrogen) atoms. The number of sulfonamides is 1. The normalized spacial score (nSPS) is 11.1. The van der Waals surface area contributed by atoms with E-state index < -0.39 is 34.2 Å². The Kier molecular flexibility index (Phi) is 6.77. The lowest BCUT2D eigenvalue weighted by atomic mass is 10.2. The largest absolute Gasteiger partial charge is 0.482 e. The molecule has 2 N–H and O–H groups in total. The Hall–Kier alpha value is -3.17. The van der Waals surface area contributed by atoms with Gasteiger partial charge in [-0.15, -0.1) is 0 Å². The Morgan fingerprint density at radius 2 is 1.74 bits per heavy atom. The fraction of sp³-hybridized carbons (Fsp3) is 0.0952. The molecule has 0 unspecified atom stereocenters. The number of amides is 1. The van der Waals surface area contributed by atoms with Crippen molar-refractivity contribution in [3.05, 3.63) is 82.9 Å². The van der Waals surface area contributed by atoms with Crippen LogP contribution in [0.2, 0.25) is 5.02 Å². The molecule has 3 aromatic rings. The van der Waals surface area contributed by atoms with E-state index in [0.717, 1.165) is 17.7 Å². The maximum absolute atomic E-state index is 13.6. The molecule has 3 rings (SSSR count). The van der Waals surface area contributed by atoms with Gasteiger partial charge < -0.3 is 10.1 Å². The van der Waals surface area contributed by atoms with E-state index in [9.17, 15) is 22.0 Å². The number of aryl methyl sites for hydroxylation is 1. The van der Waals surface area contributed by atoms with Crippen molar-refractivity contribution in [2.45, 2.75) is 11.8 Å². The molecule has 0 fully saturated rings. The predicted octanol–water partition coefficient (Wildman–Crippen LogP) is 4.74. The molecule has 1 amide bonds. The van der Waals surface area contributed by atoms with Gasteiger partial charge in [0.05, 0.1) is 15.6 Å². The average molecular weight is 467 g/mol. The Balaban J connectivity index is 1.64. The topological polar surface area (TPSA) is 84.5 Å². The van der Waals surface area contributed by atoms with Crippen LogP contribution in [0.25, 0.3) is 0 Å². The summed E-state index contributed by atoms with van der Waals surface area (Å²) in [7, 11) is -3.89. The number of nitrogens with one attached hydrogen (secondary N) is 2. The number of benzene rings is 3. The van der Waals surface area contributed by atoms with E-state index in [4.69, 9.17) is 16.3 Å². The second-order valence-electron chi connectivity index (χ2n) is 6.52. The molecule has 3 aromatic carbocycles. The number of carbonyl (C=O) groups is 1. The van der Waals surface area contributed by atoms with Crippen LogP contribution < -0.4 is 14.8 Å². The van der Waals surface area contributed by atoms with E-state index in [-0.39, 0.29) is 21.4 Å². The smallest absolute Gasteiger partial charge is 0.262 e. The van der Waals surface area contributed by atoms with E-state index >= 15 is 0 Å². The highest BCUT2D eigenvalue weighted by Crippen LogP contribution is 2.28. The van der Waals surface area contributed by atoms with Crippen molar-refractivity contribution in [1.82, 2.24) is 0 Å². The highest BCUT2D eigenvalue weighted by Gasteiger charge is 2.17. The van der Waals surface area contributed by atoms with E-state index in [1.54, 1.807) is 24.3 Å². The zero-order chi connectivity index (χ0) is 22.6. The number of anilines is 2. The first-order valence-corrected chi connectivity index (χ1v) is 10.8. The van der Waals surface area contributed by atoms with Gasteiger partial charge in [-0.05, 0) is 49.4 Å². The second kappa shape index (κ2) is 9.32. The molecule has 0 saturated carbocycles. The van der Waals surface area contributed by atoms with Gasteiger partial charge in [-0.2, -0.15) is 0 Å². The van der Waals surface area contributed by atoms with Crippen molar-refractivity contribution in [3.63, 3.8) is 0 Å². The fourth-order valence-electron chi connectivity index (χ4n) is 2.52. The van der Waals surface area contributed by atoms with Crippen molar-refractivity contribution in [2.24, 2.45) is 0 Å². The monoisotopic (exact) mass is 466 g/mol. The van der Waals surface area contributed by atoms with E-state index in [1.165, 1.54) is 18.2 Å². The molecular formula is C21H17ClF2N2O4S. The lowest BCUT2D eigenvalue weighted by Gasteiger charge is -2.12. The van der Waals surface area contributed by atoms with Crippen molar-refractivity contribution >= 4 is 38.9 Å². The van der Waals surface area contributed by atoms with E-state index in [0.29, 0.717) is 11.8 Å². The van der Waals surface area contributed by atoms with Gasteiger partial charge in [0.2, 0.25) is 0 Å². The molecule has 0 radical (unpaired) electrons. The summed E-state index contributed by atoms with van der Waals surface area (Å²) in [6, 6.07) is 13.3. The average Bonchev–Trinajstić information content (AvgIpc) is 2.70. The molecular weight excluding hydrogens is 450 g/mol. The molecule has 0 aliphatic rings. The molecule has 0 aliphatic heterocycles. The van der Waals surface area contributed by atoms with Crippen LogP contribution in [0, 0.1) is 18.6 Å². The molecule has 0 spiro atoms. The van der Waals surface area contributed by atoms with Crippen LogP contribution in [-0.4, -0.2) is 20.9 Å². The minimum Gasteiger partial charge on any atom is -0.482 e. The quantitative estimate of drug-likeness (QED) is 0.526. The number of ether oxygens (including phenoxy) is 1. The molecule has 0 bridgehead atoms. The first kappa shape index (κ1) is 22.5. The summed E-state index contributed by atoms with van der Waals surface area (Å²) in [6.07, 6.45) is 0. The van der Waals surface area contributed by atoms with Crippen LogP contribution in [0.15, 0.2) is 65.6 Å². The Morgan fingerprint density at radius 1 is 1.03 bits per heavy atom. The van der Waals surface area contributed by atoms with Crippen LogP contribution in [0.5, 0.6) is 5.75 Å². The van der Waals surface area contributed by atoms with Crippen molar-refractivity contribution in [2.75, 3.05) is 16.6 Å². The summed E-state index contributed by atoms with van der Waals surface area (Å²) in [5.41, 5.74) is 1.18. The van der Waals surface area contributed by atoms with Crippen LogP contribution in [0.3, 0.4) is 0 Å². The number of carbonyl (C=O) groups excluding carboxylic acids is 1. The van der Waals surface area contributed by atoms with Gasteiger partial charge >= 0.3 is 0 Å². The molecule has 0 heterocycles. The number of hydrogen-bond acceptors (Lipinski definition) is 4. The summed E-state index contributed by atoms with van der Waals surface area (Å²) in [4.78, 5) is 11.8. The summed E-state index contributed by atoms with van der Waals surface area (Å²) in [6.45, 7) is 1.36. The van der Waals surface area contributed by atoms with Crippen LogP contribution >= 0.6 is 11.6 Å². The minimum absolute atomic E-state index is 0.0347. The number of halogens is 3. The number of rotatable bonds is 7. The second-order valence-corrected chi connectivity index (χ2v) is 8.61. The summed E-state index contributed by atoms with van der Waals surface area (Å²) < 4.78 is 59.3. The van der Waals surface area contributed by atoms with Gasteiger partial charge in [-0.25, -0.2) is 17.2 Å². The van der Waals surface area contributed by atoms with Gasteiger partial charge in [0, 0.05) is 11.8 Å². The molecule has 6 nitrogen and oxygen atoms in total. The van der Waals surface area contributed by atoms with Gasteiger partial charge in [-0.3, -0.25) is 9.52 Å². The van der Waals surface area contributed by atoms with Gasteiger partial charge in [0.25, 0.3) is 15.9 Å². The third-order valence-corrected chi connectivity index (χ3v) is 5.76. The maximum Gasteiger partial charge on any atom is 0.262 e. The lowest BCUT2D eigenvalue weighted by molar-refractivity contribution is -0.118. The van der Waals surface area contributed by atoms with Crippen LogP contribution in [-0.2, 0) is 14.8 Å². The highest BCUT2D eigenvalue weighted by atomic mass is 35.5. The molecule has 162 valence electrons. The van der Waals surface area contributed by atoms with E-state index in [2.05, 4.69) is 10.0 Å². The molecule has 10 heteroatoms. The Bertz CT molecular complexity index is 1220. The molecule has 0 aromatic heterocycles. The zero-order valence-electron chi connectivity index (χ0n) is 16.2. The van der Waals surface area contributed by atoms with Gasteiger partial charge in [-0.1, -0.05) is 29.3 Å². The first-order chi connectivity index (χ1) is 14.6. The maximum atomic E-state index is 13.6. The minimum atomic E-state index is -3.89. The Labute approximate surface area is 182 Å². The van der Waals surface area contributed by atoms with Gasteiger partial charge in [0.1, 0.15) is 17.4 Å². The zero-order valence-corrected chi connectivity index (χ0v) is 17.7.